The molecule has 0 fully saturated rings. The monoisotopic (exact) mass is 406 g/mol. The molecule has 0 saturated heterocycles. The summed E-state index contributed by atoms with van der Waals surface area (Å²) in [6.45, 7) is 6.12. The third-order valence-corrected chi connectivity index (χ3v) is 4.61. The van der Waals surface area contributed by atoms with Crippen molar-refractivity contribution in [1.82, 2.24) is 10.3 Å². The molecule has 3 rings (SSSR count). The van der Waals surface area contributed by atoms with Gasteiger partial charge >= 0.3 is 6.03 Å². The molecule has 1 heterocycles. The summed E-state index contributed by atoms with van der Waals surface area (Å²) < 4.78 is 5.54. The van der Waals surface area contributed by atoms with Crippen LogP contribution in [-0.2, 0) is 11.2 Å². The molecule has 7 nitrogen and oxygen atoms in total. The Kier molecular flexibility index (Phi) is 6.85. The van der Waals surface area contributed by atoms with E-state index in [0.29, 0.717) is 36.7 Å². The normalized spacial score (nSPS) is 10.5. The van der Waals surface area contributed by atoms with Crippen molar-refractivity contribution in [3.05, 3.63) is 65.5 Å². The summed E-state index contributed by atoms with van der Waals surface area (Å²) in [4.78, 5) is 28.3. The standard InChI is InChI=1S/C23H26N4O3/c1-4-21(28)25-18-10-7-16(3)20(13-18)27-23(29)24-12-11-19-14-30-22(26-19)17-8-5-15(2)6-9-17/h5-10,13-14H,4,11-12H2,1-3H3,(H,25,28)(H2,24,27,29). The van der Waals surface area contributed by atoms with E-state index in [1.54, 1.807) is 19.3 Å². The van der Waals surface area contributed by atoms with Crippen LogP contribution in [0.3, 0.4) is 0 Å². The lowest BCUT2D eigenvalue weighted by atomic mass is 10.1. The van der Waals surface area contributed by atoms with E-state index < -0.39 is 0 Å². The molecule has 0 unspecified atom stereocenters. The average molecular weight is 406 g/mol. The first-order chi connectivity index (χ1) is 14.4. The summed E-state index contributed by atoms with van der Waals surface area (Å²) in [7, 11) is 0. The first-order valence-corrected chi connectivity index (χ1v) is 9.91. The minimum absolute atomic E-state index is 0.0770. The third kappa shape index (κ3) is 5.70. The lowest BCUT2D eigenvalue weighted by Crippen LogP contribution is -2.30. The second kappa shape index (κ2) is 9.73. The van der Waals surface area contributed by atoms with Crippen molar-refractivity contribution in [2.75, 3.05) is 17.2 Å². The van der Waals surface area contributed by atoms with Crippen LogP contribution in [0.2, 0.25) is 0 Å². The van der Waals surface area contributed by atoms with Crippen LogP contribution in [0.4, 0.5) is 16.2 Å². The Labute approximate surface area is 175 Å². The Morgan fingerprint density at radius 2 is 1.80 bits per heavy atom. The Morgan fingerprint density at radius 3 is 2.53 bits per heavy atom. The number of urea groups is 1. The highest BCUT2D eigenvalue weighted by molar-refractivity contribution is 5.94. The second-order valence-corrected chi connectivity index (χ2v) is 7.07. The van der Waals surface area contributed by atoms with Crippen molar-refractivity contribution in [1.29, 1.82) is 0 Å². The third-order valence-electron chi connectivity index (χ3n) is 4.61. The van der Waals surface area contributed by atoms with Crippen LogP contribution in [0.1, 0.15) is 30.2 Å². The number of aryl methyl sites for hydroxylation is 2. The Bertz CT molecular complexity index is 1030. The number of carbonyl (C=O) groups excluding carboxylic acids is 2. The van der Waals surface area contributed by atoms with Crippen molar-refractivity contribution in [2.45, 2.75) is 33.6 Å². The summed E-state index contributed by atoms with van der Waals surface area (Å²) >= 11 is 0. The van der Waals surface area contributed by atoms with Gasteiger partial charge in [0.2, 0.25) is 11.8 Å². The van der Waals surface area contributed by atoms with Crippen molar-refractivity contribution in [2.24, 2.45) is 0 Å². The molecule has 30 heavy (non-hydrogen) atoms. The minimum atomic E-state index is -0.320. The maximum absolute atomic E-state index is 12.2. The van der Waals surface area contributed by atoms with Gasteiger partial charge in [-0.15, -0.1) is 0 Å². The zero-order chi connectivity index (χ0) is 21.5. The number of hydrogen-bond acceptors (Lipinski definition) is 4. The summed E-state index contributed by atoms with van der Waals surface area (Å²) in [5.41, 5.74) is 5.06. The van der Waals surface area contributed by atoms with E-state index >= 15 is 0 Å². The van der Waals surface area contributed by atoms with Gasteiger partial charge in [-0.25, -0.2) is 9.78 Å². The van der Waals surface area contributed by atoms with Crippen molar-refractivity contribution in [3.8, 4) is 11.5 Å². The number of hydrogen-bond donors (Lipinski definition) is 3. The van der Waals surface area contributed by atoms with Crippen molar-refractivity contribution in [3.63, 3.8) is 0 Å². The number of rotatable bonds is 7. The lowest BCUT2D eigenvalue weighted by molar-refractivity contribution is -0.115. The van der Waals surface area contributed by atoms with Crippen molar-refractivity contribution >= 4 is 23.3 Å². The van der Waals surface area contributed by atoms with E-state index in [2.05, 4.69) is 20.9 Å². The van der Waals surface area contributed by atoms with Gasteiger partial charge < -0.3 is 20.4 Å². The molecule has 0 atom stereocenters. The van der Waals surface area contributed by atoms with Crippen LogP contribution in [0, 0.1) is 13.8 Å². The number of anilines is 2. The van der Waals surface area contributed by atoms with E-state index in [1.807, 2.05) is 50.2 Å². The number of nitrogens with one attached hydrogen (secondary N) is 3. The van der Waals surface area contributed by atoms with Gasteiger partial charge in [0.1, 0.15) is 6.26 Å². The van der Waals surface area contributed by atoms with Crippen LogP contribution in [0.5, 0.6) is 0 Å². The molecule has 0 radical (unpaired) electrons. The number of carbonyl (C=O) groups is 2. The van der Waals surface area contributed by atoms with Gasteiger partial charge in [-0.05, 0) is 43.7 Å². The number of oxazole rings is 1. The number of benzene rings is 2. The first-order valence-electron chi connectivity index (χ1n) is 9.91. The van der Waals surface area contributed by atoms with Gasteiger partial charge in [0.15, 0.2) is 0 Å². The van der Waals surface area contributed by atoms with E-state index in [-0.39, 0.29) is 11.9 Å². The molecule has 1 aromatic heterocycles. The predicted molar refractivity (Wildman–Crippen MR) is 118 cm³/mol. The molecule has 0 aliphatic carbocycles. The number of nitrogens with zero attached hydrogens (tertiary/aromatic N) is 1. The molecule has 0 saturated carbocycles. The molecule has 3 aromatic rings. The number of amides is 3. The second-order valence-electron chi connectivity index (χ2n) is 7.07. The fourth-order valence-corrected chi connectivity index (χ4v) is 2.80. The topological polar surface area (TPSA) is 96.3 Å². The molecular formula is C23H26N4O3. The molecule has 0 aliphatic heterocycles. The zero-order valence-corrected chi connectivity index (χ0v) is 17.4. The summed E-state index contributed by atoms with van der Waals surface area (Å²) in [6, 6.07) is 13.0. The van der Waals surface area contributed by atoms with Crippen LogP contribution < -0.4 is 16.0 Å². The van der Waals surface area contributed by atoms with E-state index in [4.69, 9.17) is 4.42 Å². The SMILES string of the molecule is CCC(=O)Nc1ccc(C)c(NC(=O)NCCc2coc(-c3ccc(C)cc3)n2)c1. The largest absolute Gasteiger partial charge is 0.444 e. The quantitative estimate of drug-likeness (QED) is 0.531. The fraction of sp³-hybridized carbons (Fsp3) is 0.261. The van der Waals surface area contributed by atoms with Crippen LogP contribution in [0.25, 0.3) is 11.5 Å². The highest BCUT2D eigenvalue weighted by Gasteiger charge is 2.09. The molecule has 3 N–H and O–H groups in total. The van der Waals surface area contributed by atoms with Gasteiger partial charge in [-0.3, -0.25) is 4.79 Å². The summed E-state index contributed by atoms with van der Waals surface area (Å²) in [5.74, 6) is 0.489. The molecular weight excluding hydrogens is 380 g/mol. The Hall–Kier alpha value is -3.61. The van der Waals surface area contributed by atoms with Gasteiger partial charge in [-0.2, -0.15) is 0 Å². The van der Waals surface area contributed by atoms with Crippen LogP contribution in [0.15, 0.2) is 53.1 Å². The number of aromatic nitrogens is 1. The van der Waals surface area contributed by atoms with Gasteiger partial charge in [0.25, 0.3) is 0 Å². The molecule has 0 aliphatic rings. The van der Waals surface area contributed by atoms with E-state index in [0.717, 1.165) is 16.8 Å². The Morgan fingerprint density at radius 1 is 1.03 bits per heavy atom. The summed E-state index contributed by atoms with van der Waals surface area (Å²) in [6.07, 6.45) is 2.55. The molecule has 0 spiro atoms. The molecule has 7 heteroatoms. The van der Waals surface area contributed by atoms with E-state index in [1.165, 1.54) is 5.56 Å². The zero-order valence-electron chi connectivity index (χ0n) is 17.4. The fourth-order valence-electron chi connectivity index (χ4n) is 2.80. The highest BCUT2D eigenvalue weighted by Crippen LogP contribution is 2.21. The highest BCUT2D eigenvalue weighted by atomic mass is 16.3. The van der Waals surface area contributed by atoms with Crippen LogP contribution >= 0.6 is 0 Å². The molecule has 2 aromatic carbocycles. The first kappa shape index (κ1) is 21.1. The summed E-state index contributed by atoms with van der Waals surface area (Å²) in [5, 5.41) is 8.42. The smallest absolute Gasteiger partial charge is 0.319 e. The molecule has 0 bridgehead atoms. The van der Waals surface area contributed by atoms with Crippen molar-refractivity contribution < 1.29 is 14.0 Å². The van der Waals surface area contributed by atoms with Gasteiger partial charge in [0, 0.05) is 36.3 Å². The molecule has 3 amide bonds. The van der Waals surface area contributed by atoms with Gasteiger partial charge in [0.05, 0.1) is 5.69 Å². The maximum atomic E-state index is 12.2. The maximum Gasteiger partial charge on any atom is 0.319 e. The minimum Gasteiger partial charge on any atom is -0.444 e. The Balaban J connectivity index is 1.51. The molecule has 156 valence electrons. The van der Waals surface area contributed by atoms with E-state index in [9.17, 15) is 9.59 Å². The van der Waals surface area contributed by atoms with Crippen LogP contribution in [-0.4, -0.2) is 23.5 Å². The lowest BCUT2D eigenvalue weighted by Gasteiger charge is -2.12. The predicted octanol–water partition coefficient (Wildman–Crippen LogP) is 4.67. The van der Waals surface area contributed by atoms with Gasteiger partial charge in [-0.1, -0.05) is 30.7 Å². The average Bonchev–Trinajstić information content (AvgIpc) is 3.20.